The number of carbonyl (C=O) groups is 2. The fourth-order valence-corrected chi connectivity index (χ4v) is 3.34. The van der Waals surface area contributed by atoms with Gasteiger partial charge in [0.15, 0.2) is 5.76 Å². The van der Waals surface area contributed by atoms with Crippen LogP contribution in [0, 0.1) is 17.0 Å². The van der Waals surface area contributed by atoms with Crippen molar-refractivity contribution >= 4 is 28.9 Å². The number of hydrogen-bond acceptors (Lipinski definition) is 8. The van der Waals surface area contributed by atoms with Crippen LogP contribution >= 0.6 is 0 Å². The van der Waals surface area contributed by atoms with Gasteiger partial charge in [0.1, 0.15) is 23.8 Å². The first kappa shape index (κ1) is 24.2. The predicted octanol–water partition coefficient (Wildman–Crippen LogP) is 3.53. The number of carbonyl (C=O) groups excluding carboxylic acids is 2. The topological polar surface area (TPSA) is 159 Å². The summed E-state index contributed by atoms with van der Waals surface area (Å²) in [6.45, 7) is 4.07. The Labute approximate surface area is 204 Å². The second kappa shape index (κ2) is 10.1. The maximum absolute atomic E-state index is 13.0. The molecular formula is C23H23N7O6. The molecule has 2 N–H and O–H groups in total. The van der Waals surface area contributed by atoms with E-state index >= 15 is 0 Å². The lowest BCUT2D eigenvalue weighted by atomic mass is 10.3. The summed E-state index contributed by atoms with van der Waals surface area (Å²) in [7, 11) is 1.77. The normalized spacial score (nSPS) is 10.8. The van der Waals surface area contributed by atoms with Crippen molar-refractivity contribution in [2.24, 2.45) is 7.05 Å². The number of hydrogen-bond donors (Lipinski definition) is 2. The Morgan fingerprint density at radius 1 is 1.06 bits per heavy atom. The Kier molecular flexibility index (Phi) is 6.81. The first-order valence-corrected chi connectivity index (χ1v) is 10.9. The van der Waals surface area contributed by atoms with E-state index in [-0.39, 0.29) is 29.4 Å². The van der Waals surface area contributed by atoms with E-state index in [2.05, 4.69) is 20.8 Å². The van der Waals surface area contributed by atoms with Crippen molar-refractivity contribution in [3.63, 3.8) is 0 Å². The molecule has 4 rings (SSSR count). The Morgan fingerprint density at radius 2 is 1.75 bits per heavy atom. The van der Waals surface area contributed by atoms with Gasteiger partial charge in [-0.3, -0.25) is 29.1 Å². The van der Waals surface area contributed by atoms with Gasteiger partial charge in [-0.2, -0.15) is 10.2 Å². The summed E-state index contributed by atoms with van der Waals surface area (Å²) in [6.07, 6.45) is 2.94. The van der Waals surface area contributed by atoms with Gasteiger partial charge < -0.3 is 19.8 Å². The number of aromatic nitrogens is 4. The van der Waals surface area contributed by atoms with Crippen LogP contribution in [0.4, 0.5) is 17.1 Å². The standard InChI is InChI=1S/C23H23N7O6/c1-4-29-21(23(32)26-18-11-24-28(3)14(18)2)19(12-25-29)27-22(31)20-10-9-17(36-20)13-35-16-7-5-15(6-8-16)30(33)34/h5-12H,4,13H2,1-3H3,(H,26,32)(H,27,31). The lowest BCUT2D eigenvalue weighted by Gasteiger charge is -2.09. The van der Waals surface area contributed by atoms with Crippen LogP contribution in [-0.4, -0.2) is 36.3 Å². The molecule has 0 aliphatic heterocycles. The van der Waals surface area contributed by atoms with Crippen molar-refractivity contribution in [2.75, 3.05) is 10.6 Å². The SMILES string of the molecule is CCn1ncc(NC(=O)c2ccc(COc3ccc([N+](=O)[O-])cc3)o2)c1C(=O)Nc1cnn(C)c1C. The number of nitro benzene ring substituents is 1. The van der Waals surface area contributed by atoms with Gasteiger partial charge >= 0.3 is 0 Å². The van der Waals surface area contributed by atoms with Crippen molar-refractivity contribution in [3.8, 4) is 5.75 Å². The molecule has 0 saturated heterocycles. The van der Waals surface area contributed by atoms with Gasteiger partial charge in [-0.25, -0.2) is 0 Å². The van der Waals surface area contributed by atoms with Crippen molar-refractivity contribution in [3.05, 3.63) is 81.8 Å². The number of anilines is 2. The van der Waals surface area contributed by atoms with E-state index in [0.717, 1.165) is 5.69 Å². The molecule has 0 aliphatic rings. The van der Waals surface area contributed by atoms with Crippen LogP contribution in [0.3, 0.4) is 0 Å². The zero-order valence-electron chi connectivity index (χ0n) is 19.7. The maximum atomic E-state index is 13.0. The van der Waals surface area contributed by atoms with Gasteiger partial charge in [-0.05, 0) is 38.1 Å². The molecule has 3 aromatic heterocycles. The van der Waals surface area contributed by atoms with E-state index < -0.39 is 16.7 Å². The van der Waals surface area contributed by atoms with Crippen molar-refractivity contribution in [1.29, 1.82) is 0 Å². The number of aryl methyl sites for hydroxylation is 2. The lowest BCUT2D eigenvalue weighted by Crippen LogP contribution is -2.21. The number of benzene rings is 1. The Hall–Kier alpha value is -4.94. The van der Waals surface area contributed by atoms with E-state index in [4.69, 9.17) is 9.15 Å². The number of ether oxygens (including phenoxy) is 1. The minimum absolute atomic E-state index is 0.0102. The quantitative estimate of drug-likeness (QED) is 0.265. The minimum Gasteiger partial charge on any atom is -0.486 e. The minimum atomic E-state index is -0.571. The highest BCUT2D eigenvalue weighted by molar-refractivity contribution is 6.11. The third kappa shape index (κ3) is 5.09. The first-order chi connectivity index (χ1) is 17.3. The number of non-ortho nitro benzene ring substituents is 1. The Bertz CT molecular complexity index is 1420. The average Bonchev–Trinajstić information content (AvgIpc) is 3.58. The molecule has 13 nitrogen and oxygen atoms in total. The highest BCUT2D eigenvalue weighted by Crippen LogP contribution is 2.22. The second-order valence-electron chi connectivity index (χ2n) is 7.70. The van der Waals surface area contributed by atoms with Crippen molar-refractivity contribution < 1.29 is 23.7 Å². The maximum Gasteiger partial charge on any atom is 0.291 e. The van der Waals surface area contributed by atoms with Crippen LogP contribution in [0.5, 0.6) is 5.75 Å². The molecule has 0 unspecified atom stereocenters. The van der Waals surface area contributed by atoms with Crippen LogP contribution in [0.2, 0.25) is 0 Å². The largest absolute Gasteiger partial charge is 0.486 e. The zero-order chi connectivity index (χ0) is 25.8. The highest BCUT2D eigenvalue weighted by Gasteiger charge is 2.22. The van der Waals surface area contributed by atoms with Gasteiger partial charge in [0.05, 0.1) is 34.4 Å². The molecule has 2 amide bonds. The molecule has 0 aliphatic carbocycles. The second-order valence-corrected chi connectivity index (χ2v) is 7.70. The lowest BCUT2D eigenvalue weighted by molar-refractivity contribution is -0.384. The van der Waals surface area contributed by atoms with Crippen LogP contribution < -0.4 is 15.4 Å². The molecule has 0 radical (unpaired) electrons. The van der Waals surface area contributed by atoms with E-state index in [1.54, 1.807) is 24.0 Å². The summed E-state index contributed by atoms with van der Waals surface area (Å²) in [5.41, 5.74) is 1.68. The smallest absolute Gasteiger partial charge is 0.291 e. The molecule has 0 saturated carbocycles. The van der Waals surface area contributed by atoms with E-state index in [0.29, 0.717) is 23.7 Å². The number of nitro groups is 1. The van der Waals surface area contributed by atoms with Crippen molar-refractivity contribution in [1.82, 2.24) is 19.6 Å². The number of furan rings is 1. The van der Waals surface area contributed by atoms with Gasteiger partial charge in [-0.15, -0.1) is 0 Å². The highest BCUT2D eigenvalue weighted by atomic mass is 16.6. The summed E-state index contributed by atoms with van der Waals surface area (Å²) >= 11 is 0. The van der Waals surface area contributed by atoms with Crippen LogP contribution in [0.1, 0.15) is 39.4 Å². The van der Waals surface area contributed by atoms with E-state index in [1.807, 2.05) is 13.8 Å². The molecule has 0 fully saturated rings. The van der Waals surface area contributed by atoms with Crippen molar-refractivity contribution in [2.45, 2.75) is 27.0 Å². The van der Waals surface area contributed by atoms with Crippen LogP contribution in [0.15, 0.2) is 53.2 Å². The van der Waals surface area contributed by atoms with E-state index in [1.165, 1.54) is 41.2 Å². The third-order valence-corrected chi connectivity index (χ3v) is 5.40. The fraction of sp³-hybridized carbons (Fsp3) is 0.217. The average molecular weight is 493 g/mol. The summed E-state index contributed by atoms with van der Waals surface area (Å²) in [5, 5.41) is 24.5. The van der Waals surface area contributed by atoms with Gasteiger partial charge in [0.25, 0.3) is 17.5 Å². The zero-order valence-corrected chi connectivity index (χ0v) is 19.7. The third-order valence-electron chi connectivity index (χ3n) is 5.40. The summed E-state index contributed by atoms with van der Waals surface area (Å²) in [4.78, 5) is 36.0. The molecule has 186 valence electrons. The molecule has 0 atom stereocenters. The van der Waals surface area contributed by atoms with Crippen LogP contribution in [-0.2, 0) is 20.2 Å². The number of nitrogens with zero attached hydrogens (tertiary/aromatic N) is 5. The summed E-state index contributed by atoms with van der Waals surface area (Å²) in [6, 6.07) is 8.66. The number of amides is 2. The predicted molar refractivity (Wildman–Crippen MR) is 128 cm³/mol. The molecule has 36 heavy (non-hydrogen) atoms. The summed E-state index contributed by atoms with van der Waals surface area (Å²) in [5.74, 6) is -0.227. The molecule has 0 spiro atoms. The fourth-order valence-electron chi connectivity index (χ4n) is 3.34. The molecular weight excluding hydrogens is 470 g/mol. The van der Waals surface area contributed by atoms with Gasteiger partial charge in [0, 0.05) is 25.7 Å². The number of nitrogens with one attached hydrogen (secondary N) is 2. The molecule has 3 heterocycles. The Balaban J connectivity index is 1.43. The molecule has 4 aromatic rings. The van der Waals surface area contributed by atoms with Gasteiger partial charge in [-0.1, -0.05) is 0 Å². The molecule has 13 heteroatoms. The summed E-state index contributed by atoms with van der Waals surface area (Å²) < 4.78 is 14.2. The molecule has 0 bridgehead atoms. The van der Waals surface area contributed by atoms with E-state index in [9.17, 15) is 19.7 Å². The number of rotatable bonds is 9. The first-order valence-electron chi connectivity index (χ1n) is 10.9. The monoisotopic (exact) mass is 493 g/mol. The van der Waals surface area contributed by atoms with Gasteiger partial charge in [0.2, 0.25) is 0 Å². The Morgan fingerprint density at radius 3 is 2.39 bits per heavy atom. The van der Waals surface area contributed by atoms with Crippen LogP contribution in [0.25, 0.3) is 0 Å². The molecule has 1 aromatic carbocycles.